The Balaban J connectivity index is 1.40. The van der Waals surface area contributed by atoms with E-state index in [2.05, 4.69) is 28.6 Å². The molecule has 3 amide bonds. The van der Waals surface area contributed by atoms with Crippen molar-refractivity contribution in [1.82, 2.24) is 15.1 Å². The van der Waals surface area contributed by atoms with Crippen molar-refractivity contribution in [2.45, 2.75) is 45.2 Å². The second-order valence-electron chi connectivity index (χ2n) is 6.43. The standard InChI is InChI=1S/C17H23N3O3S/c1-12(19-7-4-14-13(11-19)6-9-24-14)10-18-15(21)5-8-20-16(22)2-3-17(20)23/h6,9,12H,2-5,7-8,10-11H2,1H3,(H,18,21)/t12-/m0/s1. The van der Waals surface area contributed by atoms with E-state index in [1.807, 2.05) is 11.3 Å². The molecule has 1 aromatic heterocycles. The van der Waals surface area contributed by atoms with Gasteiger partial charge in [-0.3, -0.25) is 24.2 Å². The number of hydrogen-bond donors (Lipinski definition) is 1. The highest BCUT2D eigenvalue weighted by Gasteiger charge is 2.29. The summed E-state index contributed by atoms with van der Waals surface area (Å²) in [4.78, 5) is 40.1. The third-order valence-electron chi connectivity index (χ3n) is 4.77. The summed E-state index contributed by atoms with van der Waals surface area (Å²) in [5.41, 5.74) is 1.40. The van der Waals surface area contributed by atoms with Gasteiger partial charge < -0.3 is 5.32 Å². The number of thiophene rings is 1. The Kier molecular flexibility index (Phi) is 5.30. The van der Waals surface area contributed by atoms with Gasteiger partial charge in [-0.15, -0.1) is 11.3 Å². The smallest absolute Gasteiger partial charge is 0.229 e. The summed E-state index contributed by atoms with van der Waals surface area (Å²) in [6.45, 7) is 4.85. The molecule has 1 atom stereocenters. The summed E-state index contributed by atoms with van der Waals surface area (Å²) in [5.74, 6) is -0.440. The van der Waals surface area contributed by atoms with Gasteiger partial charge in [-0.25, -0.2) is 0 Å². The summed E-state index contributed by atoms with van der Waals surface area (Å²) in [6, 6.07) is 2.44. The molecule has 0 aromatic carbocycles. The van der Waals surface area contributed by atoms with E-state index < -0.39 is 0 Å². The van der Waals surface area contributed by atoms with Crippen LogP contribution in [0.4, 0.5) is 0 Å². The number of likely N-dealkylation sites (tertiary alicyclic amines) is 1. The molecule has 2 aliphatic heterocycles. The topological polar surface area (TPSA) is 69.7 Å². The van der Waals surface area contributed by atoms with Gasteiger partial charge in [0.05, 0.1) is 0 Å². The van der Waals surface area contributed by atoms with Crippen LogP contribution < -0.4 is 5.32 Å². The summed E-state index contributed by atoms with van der Waals surface area (Å²) in [7, 11) is 0. The number of hydrogen-bond acceptors (Lipinski definition) is 5. The van der Waals surface area contributed by atoms with Crippen LogP contribution >= 0.6 is 11.3 Å². The Morgan fingerprint density at radius 3 is 2.79 bits per heavy atom. The minimum Gasteiger partial charge on any atom is -0.354 e. The second kappa shape index (κ2) is 7.44. The number of nitrogens with zero attached hydrogens (tertiary/aromatic N) is 2. The molecular weight excluding hydrogens is 326 g/mol. The van der Waals surface area contributed by atoms with Gasteiger partial charge in [-0.1, -0.05) is 0 Å². The Morgan fingerprint density at radius 2 is 2.04 bits per heavy atom. The molecule has 2 aliphatic rings. The molecule has 1 N–H and O–H groups in total. The molecule has 0 saturated carbocycles. The monoisotopic (exact) mass is 349 g/mol. The van der Waals surface area contributed by atoms with Crippen molar-refractivity contribution in [3.8, 4) is 0 Å². The molecule has 1 saturated heterocycles. The molecule has 0 unspecified atom stereocenters. The lowest BCUT2D eigenvalue weighted by molar-refractivity contribution is -0.138. The lowest BCUT2D eigenvalue weighted by Gasteiger charge is -2.32. The highest BCUT2D eigenvalue weighted by molar-refractivity contribution is 7.10. The van der Waals surface area contributed by atoms with E-state index >= 15 is 0 Å². The fourth-order valence-electron chi connectivity index (χ4n) is 3.21. The molecule has 130 valence electrons. The van der Waals surface area contributed by atoms with E-state index in [1.54, 1.807) is 0 Å². The van der Waals surface area contributed by atoms with Crippen LogP contribution in [0.15, 0.2) is 11.4 Å². The number of amides is 3. The van der Waals surface area contributed by atoms with E-state index in [0.717, 1.165) is 19.5 Å². The fourth-order valence-corrected chi connectivity index (χ4v) is 4.10. The summed E-state index contributed by atoms with van der Waals surface area (Å²) in [6.07, 6.45) is 1.80. The maximum atomic E-state index is 12.0. The molecule has 6 nitrogen and oxygen atoms in total. The Bertz CT molecular complexity index is 627. The van der Waals surface area contributed by atoms with Crippen LogP contribution in [0, 0.1) is 0 Å². The van der Waals surface area contributed by atoms with Crippen LogP contribution in [-0.4, -0.2) is 53.2 Å². The van der Waals surface area contributed by atoms with Gasteiger partial charge in [-0.2, -0.15) is 0 Å². The maximum Gasteiger partial charge on any atom is 0.229 e. The van der Waals surface area contributed by atoms with E-state index in [0.29, 0.717) is 6.54 Å². The summed E-state index contributed by atoms with van der Waals surface area (Å²) < 4.78 is 0. The van der Waals surface area contributed by atoms with E-state index in [9.17, 15) is 14.4 Å². The first-order valence-corrected chi connectivity index (χ1v) is 9.31. The first-order valence-electron chi connectivity index (χ1n) is 8.44. The Morgan fingerprint density at radius 1 is 1.29 bits per heavy atom. The number of nitrogens with one attached hydrogen (secondary N) is 1. The first kappa shape index (κ1) is 17.1. The second-order valence-corrected chi connectivity index (χ2v) is 7.43. The normalized spacial score (nSPS) is 19.5. The number of fused-ring (bicyclic) bond motifs is 1. The maximum absolute atomic E-state index is 12.0. The average Bonchev–Trinajstić information content (AvgIpc) is 3.17. The van der Waals surface area contributed by atoms with Gasteiger partial charge in [0.25, 0.3) is 0 Å². The van der Waals surface area contributed by atoms with E-state index in [4.69, 9.17) is 0 Å². The van der Waals surface area contributed by atoms with Gasteiger partial charge in [0.2, 0.25) is 17.7 Å². The molecule has 3 rings (SSSR count). The van der Waals surface area contributed by atoms with Crippen molar-refractivity contribution in [3.63, 3.8) is 0 Å². The van der Waals surface area contributed by atoms with Crippen LogP contribution in [0.25, 0.3) is 0 Å². The molecule has 0 spiro atoms. The molecule has 0 bridgehead atoms. The van der Waals surface area contributed by atoms with Gasteiger partial charge in [0.1, 0.15) is 0 Å². The molecule has 0 radical (unpaired) electrons. The van der Waals surface area contributed by atoms with Crippen molar-refractivity contribution in [2.24, 2.45) is 0 Å². The lowest BCUT2D eigenvalue weighted by Crippen LogP contribution is -2.44. The lowest BCUT2D eigenvalue weighted by atomic mass is 10.1. The van der Waals surface area contributed by atoms with Gasteiger partial charge in [0, 0.05) is 56.4 Å². The van der Waals surface area contributed by atoms with Crippen molar-refractivity contribution >= 4 is 29.1 Å². The third kappa shape index (κ3) is 3.84. The molecular formula is C17H23N3O3S. The highest BCUT2D eigenvalue weighted by atomic mass is 32.1. The van der Waals surface area contributed by atoms with Crippen LogP contribution in [0.3, 0.4) is 0 Å². The Hall–Kier alpha value is -1.73. The molecule has 1 fully saturated rings. The highest BCUT2D eigenvalue weighted by Crippen LogP contribution is 2.24. The Labute approximate surface area is 145 Å². The van der Waals surface area contributed by atoms with Crippen molar-refractivity contribution < 1.29 is 14.4 Å². The summed E-state index contributed by atoms with van der Waals surface area (Å²) in [5, 5.41) is 5.06. The minimum absolute atomic E-state index is 0.109. The van der Waals surface area contributed by atoms with Crippen molar-refractivity contribution in [3.05, 3.63) is 21.9 Å². The van der Waals surface area contributed by atoms with Crippen LogP contribution in [0.2, 0.25) is 0 Å². The minimum atomic E-state index is -0.166. The SMILES string of the molecule is C[C@@H](CNC(=O)CCN1C(=O)CCC1=O)N1CCc2sccc2C1. The summed E-state index contributed by atoms with van der Waals surface area (Å²) >= 11 is 1.82. The first-order chi connectivity index (χ1) is 11.5. The third-order valence-corrected chi connectivity index (χ3v) is 5.80. The number of carbonyl (C=O) groups excluding carboxylic acids is 3. The van der Waals surface area contributed by atoms with Crippen LogP contribution in [-0.2, 0) is 27.3 Å². The zero-order chi connectivity index (χ0) is 17.1. The number of carbonyl (C=O) groups is 3. The van der Waals surface area contributed by atoms with Gasteiger partial charge >= 0.3 is 0 Å². The van der Waals surface area contributed by atoms with E-state index in [-0.39, 0.29) is 49.6 Å². The molecule has 24 heavy (non-hydrogen) atoms. The molecule has 3 heterocycles. The van der Waals surface area contributed by atoms with Gasteiger partial charge in [0.15, 0.2) is 0 Å². The van der Waals surface area contributed by atoms with Gasteiger partial charge in [-0.05, 0) is 30.4 Å². The molecule has 7 heteroatoms. The number of rotatable bonds is 6. The van der Waals surface area contributed by atoms with Crippen LogP contribution in [0.5, 0.6) is 0 Å². The largest absolute Gasteiger partial charge is 0.354 e. The van der Waals surface area contributed by atoms with Crippen LogP contribution in [0.1, 0.15) is 36.6 Å². The number of imide groups is 1. The zero-order valence-corrected chi connectivity index (χ0v) is 14.7. The van der Waals surface area contributed by atoms with E-state index in [1.165, 1.54) is 15.3 Å². The fraction of sp³-hybridized carbons (Fsp3) is 0.588. The predicted octanol–water partition coefficient (Wildman–Crippen LogP) is 1.15. The quantitative estimate of drug-likeness (QED) is 0.782. The predicted molar refractivity (Wildman–Crippen MR) is 91.5 cm³/mol. The molecule has 1 aromatic rings. The van der Waals surface area contributed by atoms with Crippen molar-refractivity contribution in [2.75, 3.05) is 19.6 Å². The zero-order valence-electron chi connectivity index (χ0n) is 13.9. The molecule has 0 aliphatic carbocycles. The van der Waals surface area contributed by atoms with Crippen molar-refractivity contribution in [1.29, 1.82) is 0 Å². The average molecular weight is 349 g/mol.